The number of aryl methyl sites for hydroxylation is 2. The van der Waals surface area contributed by atoms with Gasteiger partial charge in [0, 0.05) is 32.2 Å². The van der Waals surface area contributed by atoms with Crippen LogP contribution in [0.5, 0.6) is 0 Å². The minimum Gasteiger partial charge on any atom is -0.339 e. The Kier molecular flexibility index (Phi) is 5.06. The SMILES string of the molecule is Cc1ccc(C(C)N2CCN(C(=O)CCl)CC2)cc1C. The third-order valence-corrected chi connectivity index (χ3v) is 4.57. The van der Waals surface area contributed by atoms with Crippen LogP contribution >= 0.6 is 11.6 Å². The second kappa shape index (κ2) is 6.59. The summed E-state index contributed by atoms with van der Waals surface area (Å²) in [7, 11) is 0. The number of amides is 1. The Hall–Kier alpha value is -1.06. The smallest absolute Gasteiger partial charge is 0.237 e. The van der Waals surface area contributed by atoms with Crippen LogP contribution in [0.3, 0.4) is 0 Å². The summed E-state index contributed by atoms with van der Waals surface area (Å²) in [6.07, 6.45) is 0. The van der Waals surface area contributed by atoms with Gasteiger partial charge >= 0.3 is 0 Å². The number of alkyl halides is 1. The number of piperazine rings is 1. The summed E-state index contributed by atoms with van der Waals surface area (Å²) >= 11 is 5.61. The lowest BCUT2D eigenvalue weighted by Crippen LogP contribution is -2.49. The first kappa shape index (κ1) is 15.3. The molecule has 1 atom stereocenters. The molecule has 1 aromatic carbocycles. The number of halogens is 1. The first-order chi connectivity index (χ1) is 9.52. The maximum absolute atomic E-state index is 11.6. The fraction of sp³-hybridized carbons (Fsp3) is 0.562. The highest BCUT2D eigenvalue weighted by atomic mass is 35.5. The van der Waals surface area contributed by atoms with E-state index < -0.39 is 0 Å². The standard InChI is InChI=1S/C16H23ClN2O/c1-12-4-5-15(10-13(12)2)14(3)18-6-8-19(9-7-18)16(20)11-17/h4-5,10,14H,6-9,11H2,1-3H3. The molecule has 0 aromatic heterocycles. The largest absolute Gasteiger partial charge is 0.339 e. The van der Waals surface area contributed by atoms with E-state index in [1.165, 1.54) is 16.7 Å². The van der Waals surface area contributed by atoms with Crippen molar-refractivity contribution in [1.29, 1.82) is 0 Å². The van der Waals surface area contributed by atoms with Gasteiger partial charge in [0.15, 0.2) is 0 Å². The van der Waals surface area contributed by atoms with Crippen LogP contribution in [0, 0.1) is 13.8 Å². The molecule has 2 rings (SSSR count). The lowest BCUT2D eigenvalue weighted by molar-refractivity contribution is -0.130. The lowest BCUT2D eigenvalue weighted by atomic mass is 10.0. The van der Waals surface area contributed by atoms with Gasteiger partial charge in [-0.15, -0.1) is 11.6 Å². The summed E-state index contributed by atoms with van der Waals surface area (Å²) in [5.41, 5.74) is 4.02. The zero-order valence-electron chi connectivity index (χ0n) is 12.5. The van der Waals surface area contributed by atoms with Crippen molar-refractivity contribution in [3.63, 3.8) is 0 Å². The van der Waals surface area contributed by atoms with Crippen molar-refractivity contribution < 1.29 is 4.79 Å². The number of carbonyl (C=O) groups excluding carboxylic acids is 1. The Bertz CT molecular complexity index is 481. The second-order valence-corrected chi connectivity index (χ2v) is 5.84. The number of rotatable bonds is 3. The zero-order valence-corrected chi connectivity index (χ0v) is 13.3. The average Bonchev–Trinajstić information content (AvgIpc) is 2.48. The predicted octanol–water partition coefficient (Wildman–Crippen LogP) is 2.75. The molecule has 1 amide bonds. The van der Waals surface area contributed by atoms with Crippen LogP contribution in [0.4, 0.5) is 0 Å². The number of hydrogen-bond donors (Lipinski definition) is 0. The highest BCUT2D eigenvalue weighted by Crippen LogP contribution is 2.23. The van der Waals surface area contributed by atoms with Crippen LogP contribution in [0.1, 0.15) is 29.7 Å². The molecular formula is C16H23ClN2O. The van der Waals surface area contributed by atoms with Crippen molar-refractivity contribution in [2.75, 3.05) is 32.1 Å². The zero-order chi connectivity index (χ0) is 14.7. The first-order valence-electron chi connectivity index (χ1n) is 7.18. The van der Waals surface area contributed by atoms with Crippen LogP contribution in [-0.4, -0.2) is 47.8 Å². The van der Waals surface area contributed by atoms with E-state index in [1.54, 1.807) is 0 Å². The number of nitrogens with zero attached hydrogens (tertiary/aromatic N) is 2. The Balaban J connectivity index is 1.99. The molecular weight excluding hydrogens is 272 g/mol. The summed E-state index contributed by atoms with van der Waals surface area (Å²) < 4.78 is 0. The van der Waals surface area contributed by atoms with E-state index in [2.05, 4.69) is 43.9 Å². The molecule has 4 heteroatoms. The predicted molar refractivity (Wildman–Crippen MR) is 83.2 cm³/mol. The van der Waals surface area contributed by atoms with E-state index in [0.29, 0.717) is 6.04 Å². The van der Waals surface area contributed by atoms with Crippen molar-refractivity contribution in [2.45, 2.75) is 26.8 Å². The Morgan fingerprint density at radius 3 is 2.40 bits per heavy atom. The maximum atomic E-state index is 11.6. The van der Waals surface area contributed by atoms with Gasteiger partial charge in [0.1, 0.15) is 5.88 Å². The third-order valence-electron chi connectivity index (χ3n) is 4.34. The fourth-order valence-electron chi connectivity index (χ4n) is 2.68. The monoisotopic (exact) mass is 294 g/mol. The highest BCUT2D eigenvalue weighted by molar-refractivity contribution is 6.27. The van der Waals surface area contributed by atoms with Gasteiger partial charge in [-0.3, -0.25) is 9.69 Å². The summed E-state index contributed by atoms with van der Waals surface area (Å²) in [6.45, 7) is 9.92. The van der Waals surface area contributed by atoms with Gasteiger partial charge in [-0.2, -0.15) is 0 Å². The molecule has 1 saturated heterocycles. The van der Waals surface area contributed by atoms with Gasteiger partial charge < -0.3 is 4.90 Å². The number of carbonyl (C=O) groups is 1. The molecule has 3 nitrogen and oxygen atoms in total. The van der Waals surface area contributed by atoms with E-state index >= 15 is 0 Å². The lowest BCUT2D eigenvalue weighted by Gasteiger charge is -2.38. The van der Waals surface area contributed by atoms with E-state index in [0.717, 1.165) is 26.2 Å². The van der Waals surface area contributed by atoms with Crippen molar-refractivity contribution >= 4 is 17.5 Å². The van der Waals surface area contributed by atoms with E-state index in [9.17, 15) is 4.79 Å². The molecule has 1 fully saturated rings. The van der Waals surface area contributed by atoms with Gasteiger partial charge in [0.25, 0.3) is 0 Å². The molecule has 0 N–H and O–H groups in total. The minimum atomic E-state index is 0.0464. The van der Waals surface area contributed by atoms with Crippen LogP contribution in [0.15, 0.2) is 18.2 Å². The van der Waals surface area contributed by atoms with E-state index in [-0.39, 0.29) is 11.8 Å². The van der Waals surface area contributed by atoms with Crippen molar-refractivity contribution in [3.8, 4) is 0 Å². The Morgan fingerprint density at radius 2 is 1.85 bits per heavy atom. The molecule has 0 aliphatic carbocycles. The maximum Gasteiger partial charge on any atom is 0.237 e. The molecule has 20 heavy (non-hydrogen) atoms. The Labute approximate surface area is 126 Å². The quantitative estimate of drug-likeness (QED) is 0.800. The van der Waals surface area contributed by atoms with Gasteiger partial charge in [0.05, 0.1) is 0 Å². The van der Waals surface area contributed by atoms with Gasteiger partial charge in [0.2, 0.25) is 5.91 Å². The average molecular weight is 295 g/mol. The van der Waals surface area contributed by atoms with Crippen molar-refractivity contribution in [1.82, 2.24) is 9.80 Å². The van der Waals surface area contributed by atoms with Crippen LogP contribution in [0.25, 0.3) is 0 Å². The molecule has 0 bridgehead atoms. The number of hydrogen-bond acceptors (Lipinski definition) is 2. The van der Waals surface area contributed by atoms with E-state index in [4.69, 9.17) is 11.6 Å². The minimum absolute atomic E-state index is 0.0464. The summed E-state index contributed by atoms with van der Waals surface area (Å²) in [5.74, 6) is 0.136. The molecule has 110 valence electrons. The third kappa shape index (κ3) is 3.33. The normalized spacial score (nSPS) is 18.1. The molecule has 0 spiro atoms. The van der Waals surface area contributed by atoms with Crippen LogP contribution < -0.4 is 0 Å². The molecule has 1 aliphatic rings. The van der Waals surface area contributed by atoms with Crippen LogP contribution in [0.2, 0.25) is 0 Å². The summed E-state index contributed by atoms with van der Waals surface area (Å²) in [6, 6.07) is 7.07. The van der Waals surface area contributed by atoms with Gasteiger partial charge in [-0.05, 0) is 37.5 Å². The highest BCUT2D eigenvalue weighted by Gasteiger charge is 2.24. The molecule has 0 radical (unpaired) electrons. The van der Waals surface area contributed by atoms with Gasteiger partial charge in [-0.25, -0.2) is 0 Å². The molecule has 0 saturated carbocycles. The topological polar surface area (TPSA) is 23.6 Å². The number of benzene rings is 1. The molecule has 1 aromatic rings. The molecule has 1 unspecified atom stereocenters. The summed E-state index contributed by atoms with van der Waals surface area (Å²) in [4.78, 5) is 15.9. The van der Waals surface area contributed by atoms with Crippen molar-refractivity contribution in [3.05, 3.63) is 34.9 Å². The fourth-order valence-corrected chi connectivity index (χ4v) is 2.85. The molecule has 1 aliphatic heterocycles. The van der Waals surface area contributed by atoms with Gasteiger partial charge in [-0.1, -0.05) is 18.2 Å². The van der Waals surface area contributed by atoms with Crippen LogP contribution in [-0.2, 0) is 4.79 Å². The second-order valence-electron chi connectivity index (χ2n) is 5.57. The van der Waals surface area contributed by atoms with E-state index in [1.807, 2.05) is 4.90 Å². The first-order valence-corrected chi connectivity index (χ1v) is 7.71. The molecule has 1 heterocycles. The van der Waals surface area contributed by atoms with Crippen molar-refractivity contribution in [2.24, 2.45) is 0 Å². The Morgan fingerprint density at radius 1 is 1.20 bits per heavy atom. The summed E-state index contributed by atoms with van der Waals surface area (Å²) in [5, 5.41) is 0.